The third kappa shape index (κ3) is 2.82. The first-order chi connectivity index (χ1) is 8.19. The Bertz CT molecular complexity index is 476. The number of nitrogens with zero attached hydrogens (tertiary/aromatic N) is 3. The number of rotatable bonds is 4. The van der Waals surface area contributed by atoms with Crippen LogP contribution in [0, 0.1) is 0 Å². The molecule has 17 heavy (non-hydrogen) atoms. The number of benzene rings is 1. The second kappa shape index (κ2) is 4.97. The van der Waals surface area contributed by atoms with E-state index in [1.807, 2.05) is 37.4 Å². The van der Waals surface area contributed by atoms with Crippen molar-refractivity contribution in [2.45, 2.75) is 19.5 Å². The summed E-state index contributed by atoms with van der Waals surface area (Å²) >= 11 is 0. The summed E-state index contributed by atoms with van der Waals surface area (Å²) in [6.45, 7) is 2.57. The highest BCUT2D eigenvalue weighted by Gasteiger charge is 2.05. The van der Waals surface area contributed by atoms with Crippen molar-refractivity contribution in [3.63, 3.8) is 0 Å². The first-order valence-corrected chi connectivity index (χ1v) is 5.47. The van der Waals surface area contributed by atoms with Gasteiger partial charge in [0.25, 0.3) is 0 Å². The van der Waals surface area contributed by atoms with Gasteiger partial charge in [0.15, 0.2) is 0 Å². The zero-order chi connectivity index (χ0) is 12.3. The Morgan fingerprint density at radius 3 is 2.59 bits per heavy atom. The van der Waals surface area contributed by atoms with Gasteiger partial charge in [-0.1, -0.05) is 17.3 Å². The van der Waals surface area contributed by atoms with E-state index in [9.17, 15) is 0 Å². The van der Waals surface area contributed by atoms with Crippen LogP contribution in [-0.2, 0) is 6.54 Å². The molecule has 1 atom stereocenters. The fourth-order valence-electron chi connectivity index (χ4n) is 1.52. The van der Waals surface area contributed by atoms with E-state index in [-0.39, 0.29) is 6.04 Å². The molecule has 0 saturated carbocycles. The van der Waals surface area contributed by atoms with Crippen molar-refractivity contribution in [2.75, 3.05) is 7.11 Å². The Morgan fingerprint density at radius 1 is 1.35 bits per heavy atom. The highest BCUT2D eigenvalue weighted by Crippen LogP contribution is 2.12. The molecule has 0 amide bonds. The summed E-state index contributed by atoms with van der Waals surface area (Å²) in [5.41, 5.74) is 7.68. The number of hydrogen-bond acceptors (Lipinski definition) is 4. The molecule has 0 fully saturated rings. The zero-order valence-electron chi connectivity index (χ0n) is 10.00. The van der Waals surface area contributed by atoms with Crippen LogP contribution in [0.1, 0.15) is 24.2 Å². The van der Waals surface area contributed by atoms with E-state index < -0.39 is 0 Å². The summed E-state index contributed by atoms with van der Waals surface area (Å²) < 4.78 is 6.88. The van der Waals surface area contributed by atoms with Crippen molar-refractivity contribution < 1.29 is 4.74 Å². The third-order valence-electron chi connectivity index (χ3n) is 2.53. The smallest absolute Gasteiger partial charge is 0.118 e. The molecular formula is C12H16N4O. The number of aromatic nitrogens is 3. The van der Waals surface area contributed by atoms with Crippen LogP contribution in [0.4, 0.5) is 0 Å². The Hall–Kier alpha value is -1.88. The number of nitrogens with two attached hydrogens (primary N) is 1. The fraction of sp³-hybridized carbons (Fsp3) is 0.333. The molecule has 0 radical (unpaired) electrons. The molecule has 2 N–H and O–H groups in total. The van der Waals surface area contributed by atoms with Crippen LogP contribution < -0.4 is 10.5 Å². The molecule has 2 aromatic rings. The van der Waals surface area contributed by atoms with Gasteiger partial charge in [-0.2, -0.15) is 0 Å². The molecule has 0 aliphatic carbocycles. The normalized spacial score (nSPS) is 12.4. The summed E-state index contributed by atoms with van der Waals surface area (Å²) in [7, 11) is 1.65. The van der Waals surface area contributed by atoms with Crippen LogP contribution in [0.3, 0.4) is 0 Å². The monoisotopic (exact) mass is 232 g/mol. The van der Waals surface area contributed by atoms with Crippen LogP contribution in [0.15, 0.2) is 30.5 Å². The van der Waals surface area contributed by atoms with Gasteiger partial charge in [0, 0.05) is 6.04 Å². The summed E-state index contributed by atoms with van der Waals surface area (Å²) in [5, 5.41) is 8.04. The maximum absolute atomic E-state index is 5.73. The molecular weight excluding hydrogens is 216 g/mol. The Morgan fingerprint density at radius 2 is 2.06 bits per heavy atom. The fourth-order valence-corrected chi connectivity index (χ4v) is 1.52. The standard InChI is InChI=1S/C12H16N4O/c1-9(13)12-8-16(15-14-12)7-10-3-5-11(17-2)6-4-10/h3-6,8-9H,7,13H2,1-2H3. The van der Waals surface area contributed by atoms with Crippen molar-refractivity contribution in [3.05, 3.63) is 41.7 Å². The molecule has 5 nitrogen and oxygen atoms in total. The van der Waals surface area contributed by atoms with E-state index >= 15 is 0 Å². The maximum atomic E-state index is 5.73. The maximum Gasteiger partial charge on any atom is 0.118 e. The second-order valence-electron chi connectivity index (χ2n) is 3.98. The topological polar surface area (TPSA) is 66.0 Å². The molecule has 0 saturated heterocycles. The lowest BCUT2D eigenvalue weighted by Gasteiger charge is -2.03. The largest absolute Gasteiger partial charge is 0.497 e. The van der Waals surface area contributed by atoms with Gasteiger partial charge in [0.2, 0.25) is 0 Å². The first kappa shape index (κ1) is 11.6. The number of hydrogen-bond donors (Lipinski definition) is 1. The Labute approximate surface area is 100 Å². The Balaban J connectivity index is 2.08. The van der Waals surface area contributed by atoms with Gasteiger partial charge in [0.1, 0.15) is 5.75 Å². The predicted molar refractivity (Wildman–Crippen MR) is 64.7 cm³/mol. The molecule has 0 aliphatic heterocycles. The molecule has 5 heteroatoms. The van der Waals surface area contributed by atoms with E-state index in [0.717, 1.165) is 17.0 Å². The van der Waals surface area contributed by atoms with Gasteiger partial charge in [-0.15, -0.1) is 5.10 Å². The van der Waals surface area contributed by atoms with Crippen molar-refractivity contribution >= 4 is 0 Å². The van der Waals surface area contributed by atoms with E-state index in [1.165, 1.54) is 0 Å². The lowest BCUT2D eigenvalue weighted by Crippen LogP contribution is -2.05. The van der Waals surface area contributed by atoms with Crippen LogP contribution in [0.25, 0.3) is 0 Å². The molecule has 0 aliphatic rings. The summed E-state index contributed by atoms with van der Waals surface area (Å²) in [4.78, 5) is 0. The van der Waals surface area contributed by atoms with Crippen molar-refractivity contribution in [3.8, 4) is 5.75 Å². The minimum atomic E-state index is -0.0837. The van der Waals surface area contributed by atoms with Crippen molar-refractivity contribution in [1.29, 1.82) is 0 Å². The van der Waals surface area contributed by atoms with Gasteiger partial charge in [-0.25, -0.2) is 4.68 Å². The highest BCUT2D eigenvalue weighted by molar-refractivity contribution is 5.27. The summed E-state index contributed by atoms with van der Waals surface area (Å²) in [6, 6.07) is 7.79. The lowest BCUT2D eigenvalue weighted by molar-refractivity contribution is 0.414. The quantitative estimate of drug-likeness (QED) is 0.864. The van der Waals surface area contributed by atoms with Gasteiger partial charge in [-0.05, 0) is 24.6 Å². The van der Waals surface area contributed by atoms with E-state index in [4.69, 9.17) is 10.5 Å². The lowest BCUT2D eigenvalue weighted by atomic mass is 10.2. The zero-order valence-corrected chi connectivity index (χ0v) is 10.00. The highest BCUT2D eigenvalue weighted by atomic mass is 16.5. The van der Waals surface area contributed by atoms with Crippen LogP contribution >= 0.6 is 0 Å². The minimum absolute atomic E-state index is 0.0837. The van der Waals surface area contributed by atoms with Crippen molar-refractivity contribution in [2.24, 2.45) is 5.73 Å². The molecule has 2 rings (SSSR count). The SMILES string of the molecule is COc1ccc(Cn2cc(C(C)N)nn2)cc1. The average molecular weight is 232 g/mol. The van der Waals surface area contributed by atoms with Crippen LogP contribution in [-0.4, -0.2) is 22.1 Å². The first-order valence-electron chi connectivity index (χ1n) is 5.47. The average Bonchev–Trinajstić information content (AvgIpc) is 2.79. The molecule has 1 aromatic heterocycles. The molecule has 90 valence electrons. The van der Waals surface area contributed by atoms with E-state index in [0.29, 0.717) is 6.54 Å². The van der Waals surface area contributed by atoms with Gasteiger partial charge >= 0.3 is 0 Å². The molecule has 1 aromatic carbocycles. The predicted octanol–water partition coefficient (Wildman–Crippen LogP) is 1.35. The summed E-state index contributed by atoms with van der Waals surface area (Å²) in [6.07, 6.45) is 1.87. The van der Waals surface area contributed by atoms with E-state index in [2.05, 4.69) is 10.3 Å². The molecule has 1 heterocycles. The number of methoxy groups -OCH3 is 1. The van der Waals surface area contributed by atoms with Gasteiger partial charge in [0.05, 0.1) is 25.5 Å². The van der Waals surface area contributed by atoms with E-state index in [1.54, 1.807) is 11.8 Å². The van der Waals surface area contributed by atoms with Crippen LogP contribution in [0.2, 0.25) is 0 Å². The minimum Gasteiger partial charge on any atom is -0.497 e. The second-order valence-corrected chi connectivity index (χ2v) is 3.98. The Kier molecular flexibility index (Phi) is 3.39. The van der Waals surface area contributed by atoms with Crippen LogP contribution in [0.5, 0.6) is 5.75 Å². The molecule has 0 spiro atoms. The molecule has 1 unspecified atom stereocenters. The molecule has 0 bridgehead atoms. The van der Waals surface area contributed by atoms with Crippen molar-refractivity contribution in [1.82, 2.24) is 15.0 Å². The van der Waals surface area contributed by atoms with Gasteiger partial charge in [-0.3, -0.25) is 0 Å². The number of ether oxygens (including phenoxy) is 1. The third-order valence-corrected chi connectivity index (χ3v) is 2.53. The van der Waals surface area contributed by atoms with Gasteiger partial charge < -0.3 is 10.5 Å². The summed E-state index contributed by atoms with van der Waals surface area (Å²) in [5.74, 6) is 0.851.